The summed E-state index contributed by atoms with van der Waals surface area (Å²) in [5.41, 5.74) is -0.264. The zero-order chi connectivity index (χ0) is 26.5. The summed E-state index contributed by atoms with van der Waals surface area (Å²) >= 11 is 10.7. The molecule has 8 nitrogen and oxygen atoms in total. The van der Waals surface area contributed by atoms with Gasteiger partial charge in [0.25, 0.3) is 5.91 Å². The van der Waals surface area contributed by atoms with Crippen molar-refractivity contribution in [3.63, 3.8) is 0 Å². The quantitative estimate of drug-likeness (QED) is 0.240. The van der Waals surface area contributed by atoms with Crippen LogP contribution in [0, 0.1) is 0 Å². The lowest BCUT2D eigenvalue weighted by molar-refractivity contribution is 0.102. The number of hydrogen-bond acceptors (Lipinski definition) is 6. The number of nitrogens with zero attached hydrogens (tertiary/aromatic N) is 4. The molecule has 1 aromatic carbocycles. The maximum atomic E-state index is 13.2. The average molecular weight is 552 g/mol. The van der Waals surface area contributed by atoms with Crippen LogP contribution in [-0.2, 0) is 11.2 Å². The fraction of sp³-hybridized carbons (Fsp3) is 0.0385. The molecule has 0 bridgehead atoms. The molecule has 1 unspecified atom stereocenters. The van der Waals surface area contributed by atoms with Crippen LogP contribution < -0.4 is 10.7 Å². The summed E-state index contributed by atoms with van der Waals surface area (Å²) in [6.45, 7) is 5.60. The standard InChI is InChI=1S/C26H19Cl2N5O3S/c1-3-5-9-17(4-2)37(36)18-10-6-8-16(13-18)33-25-19(11-7-12-30-25)24(34)23(32-33)26(35)31-22-20(27)14-29-15-21(22)28/h3-15H,2H2,1H3,(H,29,31,35)/b5-3-,17-9+. The number of halogens is 2. The predicted molar refractivity (Wildman–Crippen MR) is 147 cm³/mol. The first-order valence-electron chi connectivity index (χ1n) is 10.8. The molecular weight excluding hydrogens is 533 g/mol. The number of anilines is 1. The molecule has 3 aromatic heterocycles. The van der Waals surface area contributed by atoms with Gasteiger partial charge in [0.1, 0.15) is 0 Å². The van der Waals surface area contributed by atoms with Crippen LogP contribution in [-0.4, -0.2) is 30.2 Å². The van der Waals surface area contributed by atoms with Crippen LogP contribution >= 0.6 is 23.2 Å². The first kappa shape index (κ1) is 26.3. The maximum Gasteiger partial charge on any atom is 0.280 e. The van der Waals surface area contributed by atoms with Gasteiger partial charge in [-0.25, -0.2) is 9.67 Å². The van der Waals surface area contributed by atoms with Crippen molar-refractivity contribution >= 4 is 57.0 Å². The van der Waals surface area contributed by atoms with E-state index >= 15 is 0 Å². The van der Waals surface area contributed by atoms with Crippen molar-refractivity contribution in [3.8, 4) is 5.69 Å². The van der Waals surface area contributed by atoms with E-state index in [1.54, 1.807) is 48.6 Å². The molecule has 0 aliphatic rings. The Morgan fingerprint density at radius 1 is 1.19 bits per heavy atom. The number of carbonyl (C=O) groups excluding carboxylic acids is 1. The van der Waals surface area contributed by atoms with Crippen LogP contribution in [0.2, 0.25) is 10.0 Å². The van der Waals surface area contributed by atoms with E-state index in [1.165, 1.54) is 29.3 Å². The zero-order valence-corrected chi connectivity index (χ0v) is 21.7. The molecule has 0 saturated carbocycles. The molecular formula is C26H19Cl2N5O3S. The second-order valence-electron chi connectivity index (χ2n) is 7.46. The van der Waals surface area contributed by atoms with Crippen LogP contribution in [0.15, 0.2) is 100 Å². The van der Waals surface area contributed by atoms with Gasteiger partial charge in [0, 0.05) is 35.8 Å². The molecule has 0 saturated heterocycles. The highest BCUT2D eigenvalue weighted by molar-refractivity contribution is 7.95. The first-order chi connectivity index (χ1) is 17.8. The minimum absolute atomic E-state index is 0.0998. The molecule has 1 amide bonds. The molecule has 0 radical (unpaired) electrons. The lowest BCUT2D eigenvalue weighted by Gasteiger charge is -2.14. The van der Waals surface area contributed by atoms with Crippen molar-refractivity contribution in [2.45, 2.75) is 11.8 Å². The fourth-order valence-electron chi connectivity index (χ4n) is 3.36. The molecule has 1 atom stereocenters. The predicted octanol–water partition coefficient (Wildman–Crippen LogP) is 5.49. The van der Waals surface area contributed by atoms with Gasteiger partial charge in [-0.2, -0.15) is 5.10 Å². The molecule has 1 N–H and O–H groups in total. The van der Waals surface area contributed by atoms with Crippen molar-refractivity contribution in [1.82, 2.24) is 19.7 Å². The molecule has 11 heteroatoms. The molecule has 0 spiro atoms. The molecule has 186 valence electrons. The van der Waals surface area contributed by atoms with Gasteiger partial charge in [-0.05, 0) is 43.3 Å². The van der Waals surface area contributed by atoms with Crippen molar-refractivity contribution in [1.29, 1.82) is 0 Å². The summed E-state index contributed by atoms with van der Waals surface area (Å²) in [6.07, 6.45) is 11.0. The second kappa shape index (κ2) is 11.5. The van der Waals surface area contributed by atoms with Crippen molar-refractivity contribution in [3.05, 3.63) is 117 Å². The zero-order valence-electron chi connectivity index (χ0n) is 19.4. The highest BCUT2D eigenvalue weighted by Gasteiger charge is 2.22. The Kier molecular flexibility index (Phi) is 8.20. The van der Waals surface area contributed by atoms with Gasteiger partial charge in [-0.3, -0.25) is 14.6 Å². The van der Waals surface area contributed by atoms with Crippen LogP contribution in [0.3, 0.4) is 0 Å². The summed E-state index contributed by atoms with van der Waals surface area (Å²) in [6, 6.07) is 9.88. The average Bonchev–Trinajstić information content (AvgIpc) is 2.91. The third-order valence-electron chi connectivity index (χ3n) is 5.10. The Bertz CT molecular complexity index is 1610. The number of nitrogens with one attached hydrogen (secondary N) is 1. The van der Waals surface area contributed by atoms with E-state index < -0.39 is 28.2 Å². The fourth-order valence-corrected chi connectivity index (χ4v) is 4.87. The first-order valence-corrected chi connectivity index (χ1v) is 12.7. The highest BCUT2D eigenvalue weighted by atomic mass is 35.5. The topological polar surface area (TPSA) is 113 Å². The summed E-state index contributed by atoms with van der Waals surface area (Å²) < 4.78 is 14.5. The molecule has 4 rings (SSSR count). The van der Waals surface area contributed by atoms with Gasteiger partial charge in [0.2, 0.25) is 5.43 Å². The van der Waals surface area contributed by atoms with Crippen LogP contribution in [0.4, 0.5) is 5.69 Å². The number of rotatable bonds is 7. The van der Waals surface area contributed by atoms with E-state index in [-0.39, 0.29) is 26.8 Å². The number of fused-ring (bicyclic) bond motifs is 1. The van der Waals surface area contributed by atoms with E-state index in [0.717, 1.165) is 0 Å². The van der Waals surface area contributed by atoms with Gasteiger partial charge in [0.15, 0.2) is 21.1 Å². The summed E-state index contributed by atoms with van der Waals surface area (Å²) in [7, 11) is 0. The molecule has 0 aliphatic carbocycles. The maximum absolute atomic E-state index is 13.2. The third kappa shape index (κ3) is 5.50. The normalized spacial score (nSPS) is 12.6. The lowest BCUT2D eigenvalue weighted by atomic mass is 10.2. The van der Waals surface area contributed by atoms with E-state index in [2.05, 4.69) is 27.0 Å². The van der Waals surface area contributed by atoms with Gasteiger partial charge in [0.05, 0.1) is 26.8 Å². The summed E-state index contributed by atoms with van der Waals surface area (Å²) in [5.74, 6) is -0.817. The largest absolute Gasteiger partial charge is 0.606 e. The highest BCUT2D eigenvalue weighted by Crippen LogP contribution is 2.29. The number of aromatic nitrogens is 4. The van der Waals surface area contributed by atoms with E-state index in [4.69, 9.17) is 23.2 Å². The van der Waals surface area contributed by atoms with E-state index in [1.807, 2.05) is 13.0 Å². The van der Waals surface area contributed by atoms with Crippen molar-refractivity contribution in [2.24, 2.45) is 0 Å². The molecule has 4 aromatic rings. The molecule has 0 fully saturated rings. The van der Waals surface area contributed by atoms with Crippen LogP contribution in [0.25, 0.3) is 16.7 Å². The summed E-state index contributed by atoms with van der Waals surface area (Å²) in [4.78, 5) is 35.5. The van der Waals surface area contributed by atoms with Crippen LogP contribution in [0.5, 0.6) is 0 Å². The minimum atomic E-state index is -1.54. The Morgan fingerprint density at radius 3 is 2.65 bits per heavy atom. The Hall–Kier alpha value is -3.76. The number of amides is 1. The van der Waals surface area contributed by atoms with Gasteiger partial charge in [-0.1, -0.05) is 48.0 Å². The van der Waals surface area contributed by atoms with Gasteiger partial charge >= 0.3 is 0 Å². The number of benzene rings is 1. The minimum Gasteiger partial charge on any atom is -0.606 e. The van der Waals surface area contributed by atoms with E-state index in [0.29, 0.717) is 15.5 Å². The van der Waals surface area contributed by atoms with Crippen molar-refractivity contribution in [2.75, 3.05) is 5.32 Å². The third-order valence-corrected chi connectivity index (χ3v) is 7.08. The SMILES string of the molecule is C=C/C(=C\C=C/C)[S+]([O-])c1cccc(-n2nc(C(=O)Nc3c(Cl)cncc3Cl)c(=O)c3cccnc32)c1. The monoisotopic (exact) mass is 551 g/mol. The van der Waals surface area contributed by atoms with Crippen LogP contribution in [0.1, 0.15) is 17.4 Å². The number of pyridine rings is 2. The lowest BCUT2D eigenvalue weighted by Crippen LogP contribution is -2.27. The Morgan fingerprint density at radius 2 is 1.95 bits per heavy atom. The number of hydrogen-bond donors (Lipinski definition) is 1. The Labute approximate surface area is 225 Å². The smallest absolute Gasteiger partial charge is 0.280 e. The van der Waals surface area contributed by atoms with Gasteiger partial charge < -0.3 is 9.87 Å². The summed E-state index contributed by atoms with van der Waals surface area (Å²) in [5, 5.41) is 7.23. The van der Waals surface area contributed by atoms with Gasteiger partial charge in [-0.15, -0.1) is 0 Å². The second-order valence-corrected chi connectivity index (χ2v) is 9.76. The molecule has 37 heavy (non-hydrogen) atoms. The molecule has 0 aliphatic heterocycles. The van der Waals surface area contributed by atoms with Crippen molar-refractivity contribution < 1.29 is 9.35 Å². The number of allylic oxidation sites excluding steroid dienone is 4. The van der Waals surface area contributed by atoms with E-state index in [9.17, 15) is 14.1 Å². The molecule has 3 heterocycles. The number of carbonyl (C=O) groups is 1. The Balaban J connectivity index is 1.85.